The molecule has 0 unspecified atom stereocenters. The van der Waals surface area contributed by atoms with Crippen LogP contribution in [0.3, 0.4) is 0 Å². The molecule has 2 atom stereocenters. The van der Waals surface area contributed by atoms with Crippen LogP contribution >= 0.6 is 11.6 Å². The molecule has 26 heavy (non-hydrogen) atoms. The Morgan fingerprint density at radius 1 is 1.35 bits per heavy atom. The zero-order valence-electron chi connectivity index (χ0n) is 13.7. The third kappa shape index (κ3) is 3.06. The van der Waals surface area contributed by atoms with Crippen LogP contribution in [0.25, 0.3) is 22.0 Å². The van der Waals surface area contributed by atoms with E-state index in [1.54, 1.807) is 37.7 Å². The van der Waals surface area contributed by atoms with Crippen LogP contribution < -0.4 is 10.1 Å². The molecule has 1 fully saturated rings. The summed E-state index contributed by atoms with van der Waals surface area (Å²) in [5.74, 6) is -0.0638. The highest BCUT2D eigenvalue weighted by Gasteiger charge is 2.43. The predicted octanol–water partition coefficient (Wildman–Crippen LogP) is 3.65. The van der Waals surface area contributed by atoms with E-state index in [2.05, 4.69) is 20.5 Å². The number of aromatic nitrogens is 3. The summed E-state index contributed by atoms with van der Waals surface area (Å²) in [6.45, 7) is 0. The summed E-state index contributed by atoms with van der Waals surface area (Å²) in [5.41, 5.74) is 2.08. The highest BCUT2D eigenvalue weighted by Crippen LogP contribution is 2.36. The second-order valence-corrected chi connectivity index (χ2v) is 6.46. The lowest BCUT2D eigenvalue weighted by molar-refractivity contribution is -0.117. The summed E-state index contributed by atoms with van der Waals surface area (Å²) >= 11 is 6.34. The number of fused-ring (bicyclic) bond motifs is 1. The molecule has 1 aromatic carbocycles. The Morgan fingerprint density at radius 2 is 2.15 bits per heavy atom. The van der Waals surface area contributed by atoms with E-state index in [1.807, 2.05) is 6.07 Å². The molecule has 1 N–H and O–H groups in total. The number of alkyl halides is 1. The topological polar surface area (TPSA) is 77.0 Å². The van der Waals surface area contributed by atoms with Crippen molar-refractivity contribution >= 4 is 34.2 Å². The van der Waals surface area contributed by atoms with Gasteiger partial charge in [0.25, 0.3) is 0 Å². The van der Waals surface area contributed by atoms with E-state index in [9.17, 15) is 9.18 Å². The third-order valence-electron chi connectivity index (χ3n) is 4.26. The number of methoxy groups -OCH3 is 1. The standard InChI is InChI=1S/C18H14ClFN4O2/c1-26-15-2-3-21-8-12(15)9-4-10-6-16(22-18(25)11-7-14(11)20)23-24-17(10)13(19)5-9/h2-6,8,11,14H,7H2,1H3,(H,22,23,25)/t11-,14+/m1/s1. The number of hydrogen-bond donors (Lipinski definition) is 1. The number of anilines is 1. The predicted molar refractivity (Wildman–Crippen MR) is 96.0 cm³/mol. The molecule has 1 saturated carbocycles. The molecular weight excluding hydrogens is 359 g/mol. The van der Waals surface area contributed by atoms with Crippen LogP contribution in [-0.2, 0) is 4.79 Å². The SMILES string of the molecule is COc1ccncc1-c1cc(Cl)c2nnc(NC(=O)[C@@H]3C[C@@H]3F)cc2c1. The van der Waals surface area contributed by atoms with Crippen molar-refractivity contribution in [1.29, 1.82) is 0 Å². The Balaban J connectivity index is 1.73. The van der Waals surface area contributed by atoms with Gasteiger partial charge < -0.3 is 10.1 Å². The Labute approximate surface area is 153 Å². The van der Waals surface area contributed by atoms with Crippen LogP contribution in [-0.4, -0.2) is 34.4 Å². The van der Waals surface area contributed by atoms with E-state index in [1.165, 1.54) is 0 Å². The Bertz CT molecular complexity index is 1010. The largest absolute Gasteiger partial charge is 0.496 e. The summed E-state index contributed by atoms with van der Waals surface area (Å²) in [7, 11) is 1.58. The molecule has 0 saturated heterocycles. The number of nitrogens with one attached hydrogen (secondary N) is 1. The van der Waals surface area contributed by atoms with Gasteiger partial charge in [-0.25, -0.2) is 4.39 Å². The van der Waals surface area contributed by atoms with E-state index >= 15 is 0 Å². The molecule has 1 aliphatic carbocycles. The van der Waals surface area contributed by atoms with Crippen molar-refractivity contribution in [3.8, 4) is 16.9 Å². The normalized spacial score (nSPS) is 18.6. The number of pyridine rings is 1. The average molecular weight is 373 g/mol. The van der Waals surface area contributed by atoms with Crippen molar-refractivity contribution in [2.24, 2.45) is 5.92 Å². The number of rotatable bonds is 4. The molecule has 4 rings (SSSR count). The smallest absolute Gasteiger partial charge is 0.231 e. The second kappa shape index (κ2) is 6.49. The molecule has 132 valence electrons. The van der Waals surface area contributed by atoms with Crippen molar-refractivity contribution in [2.45, 2.75) is 12.6 Å². The van der Waals surface area contributed by atoms with Gasteiger partial charge in [0, 0.05) is 23.3 Å². The van der Waals surface area contributed by atoms with Crippen LogP contribution in [0.15, 0.2) is 36.7 Å². The van der Waals surface area contributed by atoms with Crippen LogP contribution in [0.5, 0.6) is 5.75 Å². The first-order chi connectivity index (χ1) is 12.6. The molecule has 0 radical (unpaired) electrons. The van der Waals surface area contributed by atoms with Gasteiger partial charge in [0.1, 0.15) is 17.4 Å². The fraction of sp³-hybridized carbons (Fsp3) is 0.222. The molecule has 0 bridgehead atoms. The fourth-order valence-electron chi connectivity index (χ4n) is 2.76. The number of ether oxygens (including phenoxy) is 1. The van der Waals surface area contributed by atoms with E-state index < -0.39 is 12.1 Å². The van der Waals surface area contributed by atoms with Crippen LogP contribution in [0.4, 0.5) is 10.2 Å². The van der Waals surface area contributed by atoms with Gasteiger partial charge in [-0.1, -0.05) is 11.6 Å². The molecule has 1 amide bonds. The van der Waals surface area contributed by atoms with Crippen LogP contribution in [0, 0.1) is 5.92 Å². The first kappa shape index (κ1) is 16.7. The molecule has 0 spiro atoms. The molecular formula is C18H14ClFN4O2. The Hall–Kier alpha value is -2.80. The molecule has 8 heteroatoms. The van der Waals surface area contributed by atoms with E-state index in [4.69, 9.17) is 16.3 Å². The van der Waals surface area contributed by atoms with Crippen molar-refractivity contribution < 1.29 is 13.9 Å². The molecule has 3 aromatic rings. The summed E-state index contributed by atoms with van der Waals surface area (Å²) in [6.07, 6.45) is 2.51. The zero-order chi connectivity index (χ0) is 18.3. The maximum absolute atomic E-state index is 13.0. The summed E-state index contributed by atoms with van der Waals surface area (Å²) in [4.78, 5) is 16.0. The quantitative estimate of drug-likeness (QED) is 0.756. The summed E-state index contributed by atoms with van der Waals surface area (Å²) < 4.78 is 18.4. The van der Waals surface area contributed by atoms with Crippen molar-refractivity contribution in [1.82, 2.24) is 15.2 Å². The van der Waals surface area contributed by atoms with Crippen molar-refractivity contribution in [2.75, 3.05) is 12.4 Å². The number of hydrogen-bond acceptors (Lipinski definition) is 5. The van der Waals surface area contributed by atoms with Crippen LogP contribution in [0.2, 0.25) is 5.02 Å². The van der Waals surface area contributed by atoms with E-state index in [0.717, 1.165) is 11.1 Å². The number of carbonyl (C=O) groups excluding carboxylic acids is 1. The van der Waals surface area contributed by atoms with Gasteiger partial charge in [-0.05, 0) is 36.2 Å². The number of carbonyl (C=O) groups is 1. The van der Waals surface area contributed by atoms with Gasteiger partial charge in [-0.15, -0.1) is 10.2 Å². The lowest BCUT2D eigenvalue weighted by atomic mass is 10.0. The first-order valence-corrected chi connectivity index (χ1v) is 8.35. The third-order valence-corrected chi connectivity index (χ3v) is 4.54. The highest BCUT2D eigenvalue weighted by atomic mass is 35.5. The minimum atomic E-state index is -1.07. The number of halogens is 2. The molecule has 0 aliphatic heterocycles. The molecule has 2 aromatic heterocycles. The molecule has 1 aliphatic rings. The second-order valence-electron chi connectivity index (χ2n) is 6.05. The molecule has 2 heterocycles. The van der Waals surface area contributed by atoms with Gasteiger partial charge in [-0.2, -0.15) is 0 Å². The van der Waals surface area contributed by atoms with Crippen molar-refractivity contribution in [3.05, 3.63) is 41.7 Å². The number of benzene rings is 1. The fourth-order valence-corrected chi connectivity index (χ4v) is 3.03. The number of nitrogens with zero attached hydrogens (tertiary/aromatic N) is 3. The number of amides is 1. The summed E-state index contributed by atoms with van der Waals surface area (Å²) in [5, 5.41) is 11.7. The van der Waals surface area contributed by atoms with Gasteiger partial charge in [0.2, 0.25) is 5.91 Å². The maximum Gasteiger partial charge on any atom is 0.231 e. The minimum Gasteiger partial charge on any atom is -0.496 e. The van der Waals surface area contributed by atoms with Crippen LogP contribution in [0.1, 0.15) is 6.42 Å². The molecule has 6 nitrogen and oxygen atoms in total. The Morgan fingerprint density at radius 3 is 2.88 bits per heavy atom. The minimum absolute atomic E-state index is 0.254. The first-order valence-electron chi connectivity index (χ1n) is 7.97. The lowest BCUT2D eigenvalue weighted by Crippen LogP contribution is -2.16. The van der Waals surface area contributed by atoms with E-state index in [-0.39, 0.29) is 18.1 Å². The monoisotopic (exact) mass is 372 g/mol. The lowest BCUT2D eigenvalue weighted by Gasteiger charge is -2.10. The van der Waals surface area contributed by atoms with E-state index in [0.29, 0.717) is 21.7 Å². The van der Waals surface area contributed by atoms with Gasteiger partial charge in [0.05, 0.1) is 18.1 Å². The zero-order valence-corrected chi connectivity index (χ0v) is 14.5. The highest BCUT2D eigenvalue weighted by molar-refractivity contribution is 6.35. The average Bonchev–Trinajstić information content (AvgIpc) is 3.38. The van der Waals surface area contributed by atoms with Gasteiger partial charge in [-0.3, -0.25) is 9.78 Å². The van der Waals surface area contributed by atoms with Gasteiger partial charge in [0.15, 0.2) is 5.82 Å². The Kier molecular flexibility index (Phi) is 4.16. The maximum atomic E-state index is 13.0. The summed E-state index contributed by atoms with van der Waals surface area (Å²) in [6, 6.07) is 7.04. The van der Waals surface area contributed by atoms with Gasteiger partial charge >= 0.3 is 0 Å². The van der Waals surface area contributed by atoms with Crippen molar-refractivity contribution in [3.63, 3.8) is 0 Å².